The van der Waals surface area contributed by atoms with Gasteiger partial charge in [0.05, 0.1) is 6.61 Å². The minimum atomic E-state index is -0.508. The Morgan fingerprint density at radius 2 is 0.958 bits per heavy atom. The highest BCUT2D eigenvalue weighted by molar-refractivity contribution is 5.70. The number of carbonyl (C=O) groups excluding carboxylic acids is 1. The Bertz CT molecular complexity index is 253. The van der Waals surface area contributed by atoms with Gasteiger partial charge in [-0.2, -0.15) is 0 Å². The molecule has 0 amide bonds. The van der Waals surface area contributed by atoms with Gasteiger partial charge in [-0.05, 0) is 6.42 Å². The number of carbonyl (C=O) groups is 1. The molecule has 24 heavy (non-hydrogen) atoms. The first-order valence-electron chi connectivity index (χ1n) is 10.6. The number of aliphatic hydroxyl groups excluding tert-OH is 1. The van der Waals surface area contributed by atoms with Crippen LogP contribution in [-0.2, 0) is 9.53 Å². The Balaban J connectivity index is 2.99. The average molecular weight is 343 g/mol. The number of hydrogen-bond acceptors (Lipinski definition) is 3. The molecular formula is C21H42O3. The fourth-order valence-electron chi connectivity index (χ4n) is 3.06. The smallest absolute Gasteiger partial charge is 0.331 e. The summed E-state index contributed by atoms with van der Waals surface area (Å²) in [6.45, 7) is 2.23. The van der Waals surface area contributed by atoms with Crippen molar-refractivity contribution in [3.05, 3.63) is 0 Å². The molecule has 0 aromatic carbocycles. The molecule has 0 radical (unpaired) electrons. The zero-order valence-corrected chi connectivity index (χ0v) is 16.2. The van der Waals surface area contributed by atoms with Crippen molar-refractivity contribution in [2.75, 3.05) is 13.2 Å². The van der Waals surface area contributed by atoms with Crippen molar-refractivity contribution in [2.45, 2.75) is 116 Å². The molecule has 0 aliphatic rings. The van der Waals surface area contributed by atoms with E-state index in [9.17, 15) is 4.79 Å². The minimum Gasteiger partial charge on any atom is -0.464 e. The maximum atomic E-state index is 10.7. The van der Waals surface area contributed by atoms with Crippen LogP contribution >= 0.6 is 0 Å². The third kappa shape index (κ3) is 19.5. The lowest BCUT2D eigenvalue weighted by Gasteiger charge is -2.04. The number of aliphatic hydroxyl groups is 1. The monoisotopic (exact) mass is 342 g/mol. The quantitative estimate of drug-likeness (QED) is 0.225. The fraction of sp³-hybridized carbons (Fsp3) is 0.952. The third-order valence-electron chi connectivity index (χ3n) is 4.64. The summed E-state index contributed by atoms with van der Waals surface area (Å²) in [5.74, 6) is -0.508. The Kier molecular flexibility index (Phi) is 20.0. The molecule has 0 heterocycles. The van der Waals surface area contributed by atoms with Crippen molar-refractivity contribution in [2.24, 2.45) is 0 Å². The van der Waals surface area contributed by atoms with E-state index in [0.717, 1.165) is 12.8 Å². The summed E-state index contributed by atoms with van der Waals surface area (Å²) in [5, 5.41) is 8.50. The van der Waals surface area contributed by atoms with Crippen LogP contribution in [0, 0.1) is 0 Å². The zero-order chi connectivity index (χ0) is 17.7. The molecule has 0 unspecified atom stereocenters. The van der Waals surface area contributed by atoms with Gasteiger partial charge in [0.15, 0.2) is 0 Å². The van der Waals surface area contributed by atoms with E-state index in [2.05, 4.69) is 6.92 Å². The normalized spacial score (nSPS) is 10.9. The van der Waals surface area contributed by atoms with Gasteiger partial charge in [0.25, 0.3) is 0 Å². The average Bonchev–Trinajstić information content (AvgIpc) is 2.60. The highest BCUT2D eigenvalue weighted by Crippen LogP contribution is 2.13. The first-order chi connectivity index (χ1) is 11.8. The maximum Gasteiger partial charge on any atom is 0.331 e. The van der Waals surface area contributed by atoms with E-state index in [0.29, 0.717) is 6.61 Å². The highest BCUT2D eigenvalue weighted by Gasteiger charge is 1.98. The first-order valence-corrected chi connectivity index (χ1v) is 10.6. The van der Waals surface area contributed by atoms with Crippen LogP contribution in [0.2, 0.25) is 0 Å². The Hall–Kier alpha value is -0.570. The van der Waals surface area contributed by atoms with Gasteiger partial charge in [0.1, 0.15) is 6.61 Å². The van der Waals surface area contributed by atoms with Crippen molar-refractivity contribution in [1.29, 1.82) is 0 Å². The molecule has 0 saturated heterocycles. The molecule has 0 atom stereocenters. The van der Waals surface area contributed by atoms with Crippen molar-refractivity contribution < 1.29 is 14.6 Å². The summed E-state index contributed by atoms with van der Waals surface area (Å²) < 4.78 is 4.83. The van der Waals surface area contributed by atoms with Crippen LogP contribution in [0.25, 0.3) is 0 Å². The zero-order valence-electron chi connectivity index (χ0n) is 16.2. The van der Waals surface area contributed by atoms with Crippen LogP contribution in [0.1, 0.15) is 116 Å². The van der Waals surface area contributed by atoms with Crippen molar-refractivity contribution in [1.82, 2.24) is 0 Å². The summed E-state index contributed by atoms with van der Waals surface area (Å²) in [4.78, 5) is 10.7. The molecule has 0 aliphatic heterocycles. The third-order valence-corrected chi connectivity index (χ3v) is 4.64. The van der Waals surface area contributed by atoms with Gasteiger partial charge < -0.3 is 9.84 Å². The standard InChI is InChI=1S/C21H42O3/c1-2-3-4-5-6-7-8-9-10-11-12-13-14-15-16-17-18-19-24-21(23)20-22/h22H,2-20H2,1H3. The maximum absolute atomic E-state index is 10.7. The van der Waals surface area contributed by atoms with Crippen molar-refractivity contribution >= 4 is 5.97 Å². The van der Waals surface area contributed by atoms with Crippen LogP contribution in [0.4, 0.5) is 0 Å². The molecule has 0 aromatic heterocycles. The predicted octanol–water partition coefficient (Wildman–Crippen LogP) is 6.17. The number of esters is 1. The van der Waals surface area contributed by atoms with Crippen LogP contribution in [-0.4, -0.2) is 24.3 Å². The molecule has 1 N–H and O–H groups in total. The molecule has 3 heteroatoms. The lowest BCUT2D eigenvalue weighted by molar-refractivity contribution is -0.147. The van der Waals surface area contributed by atoms with E-state index >= 15 is 0 Å². The predicted molar refractivity (Wildman–Crippen MR) is 102 cm³/mol. The lowest BCUT2D eigenvalue weighted by Crippen LogP contribution is -2.09. The number of rotatable bonds is 19. The highest BCUT2D eigenvalue weighted by atomic mass is 16.5. The first kappa shape index (κ1) is 23.4. The molecule has 0 aliphatic carbocycles. The summed E-state index contributed by atoms with van der Waals surface area (Å²) in [6.07, 6.45) is 22.9. The van der Waals surface area contributed by atoms with Gasteiger partial charge in [-0.1, -0.05) is 110 Å². The summed E-state index contributed by atoms with van der Waals surface area (Å²) in [6, 6.07) is 0. The van der Waals surface area contributed by atoms with Gasteiger partial charge >= 0.3 is 5.97 Å². The number of hydrogen-bond donors (Lipinski definition) is 1. The van der Waals surface area contributed by atoms with Gasteiger partial charge in [0.2, 0.25) is 0 Å². The van der Waals surface area contributed by atoms with E-state index in [1.165, 1.54) is 96.3 Å². The topological polar surface area (TPSA) is 46.5 Å². The molecule has 0 fully saturated rings. The largest absolute Gasteiger partial charge is 0.464 e. The van der Waals surface area contributed by atoms with E-state index in [1.807, 2.05) is 0 Å². The van der Waals surface area contributed by atoms with Crippen molar-refractivity contribution in [3.63, 3.8) is 0 Å². The molecule has 0 bridgehead atoms. The summed E-state index contributed by atoms with van der Waals surface area (Å²) >= 11 is 0. The molecule has 0 spiro atoms. The van der Waals surface area contributed by atoms with Gasteiger partial charge in [-0.15, -0.1) is 0 Å². The molecule has 3 nitrogen and oxygen atoms in total. The number of ether oxygens (including phenoxy) is 1. The Labute approximate surface area is 150 Å². The Morgan fingerprint density at radius 3 is 1.29 bits per heavy atom. The second-order valence-electron chi connectivity index (χ2n) is 7.04. The second-order valence-corrected chi connectivity index (χ2v) is 7.04. The van der Waals surface area contributed by atoms with E-state index in [4.69, 9.17) is 9.84 Å². The molecule has 0 saturated carbocycles. The van der Waals surface area contributed by atoms with Crippen LogP contribution in [0.5, 0.6) is 0 Å². The van der Waals surface area contributed by atoms with Crippen LogP contribution in [0.3, 0.4) is 0 Å². The molecule has 0 aromatic rings. The summed E-state index contributed by atoms with van der Waals surface area (Å²) in [5.41, 5.74) is 0. The van der Waals surface area contributed by atoms with E-state index < -0.39 is 12.6 Å². The van der Waals surface area contributed by atoms with Gasteiger partial charge in [-0.3, -0.25) is 0 Å². The SMILES string of the molecule is CCCCCCCCCCCCCCCCCCCOC(=O)CO. The summed E-state index contributed by atoms with van der Waals surface area (Å²) in [7, 11) is 0. The number of unbranched alkanes of at least 4 members (excludes halogenated alkanes) is 16. The molecular weight excluding hydrogens is 300 g/mol. The van der Waals surface area contributed by atoms with Gasteiger partial charge in [0, 0.05) is 0 Å². The van der Waals surface area contributed by atoms with Crippen LogP contribution in [0.15, 0.2) is 0 Å². The second kappa shape index (κ2) is 20.5. The molecule has 0 rings (SSSR count). The lowest BCUT2D eigenvalue weighted by atomic mass is 10.0. The molecule has 144 valence electrons. The Morgan fingerprint density at radius 1 is 0.625 bits per heavy atom. The van der Waals surface area contributed by atoms with Gasteiger partial charge in [-0.25, -0.2) is 4.79 Å². The minimum absolute atomic E-state index is 0.456. The fourth-order valence-corrected chi connectivity index (χ4v) is 3.06. The van der Waals surface area contributed by atoms with E-state index in [1.54, 1.807) is 0 Å². The van der Waals surface area contributed by atoms with Crippen molar-refractivity contribution in [3.8, 4) is 0 Å². The van der Waals surface area contributed by atoms with Crippen LogP contribution < -0.4 is 0 Å². The van der Waals surface area contributed by atoms with E-state index in [-0.39, 0.29) is 0 Å².